The first kappa shape index (κ1) is 16.2. The van der Waals surface area contributed by atoms with Crippen molar-refractivity contribution in [3.05, 3.63) is 46.1 Å². The average Bonchev–Trinajstić information content (AvgIpc) is 3.01. The van der Waals surface area contributed by atoms with Gasteiger partial charge >= 0.3 is 0 Å². The number of benzene rings is 1. The minimum absolute atomic E-state index is 0.142. The highest BCUT2D eigenvalue weighted by atomic mass is 35.5. The van der Waals surface area contributed by atoms with Crippen molar-refractivity contribution in [2.75, 3.05) is 6.54 Å². The van der Waals surface area contributed by atoms with E-state index in [2.05, 4.69) is 15.2 Å². The minimum Gasteiger partial charge on any atom is -0.387 e. The lowest BCUT2D eigenvalue weighted by atomic mass is 10.1. The Balaban J connectivity index is 1.78. The Kier molecular flexibility index (Phi) is 4.11. The topological polar surface area (TPSA) is 104 Å². The number of aliphatic imine (C=N–C) groups is 1. The highest BCUT2D eigenvalue weighted by Gasteiger charge is 2.36. The third-order valence-electron chi connectivity index (χ3n) is 3.93. The monoisotopic (exact) mass is 345 g/mol. The summed E-state index contributed by atoms with van der Waals surface area (Å²) in [5, 5.41) is 7.07. The number of aryl methyl sites for hydroxylation is 1. The molecule has 1 aliphatic rings. The van der Waals surface area contributed by atoms with Crippen LogP contribution in [0.4, 0.5) is 5.82 Å². The molecule has 2 aromatic rings. The molecule has 24 heavy (non-hydrogen) atoms. The number of rotatable bonds is 4. The summed E-state index contributed by atoms with van der Waals surface area (Å²) in [5.74, 6) is -0.422. The van der Waals surface area contributed by atoms with Crippen LogP contribution in [0.1, 0.15) is 33.3 Å². The van der Waals surface area contributed by atoms with Crippen LogP contribution < -0.4 is 5.73 Å². The summed E-state index contributed by atoms with van der Waals surface area (Å²) in [6.07, 6.45) is 0. The van der Waals surface area contributed by atoms with Gasteiger partial charge in [0.15, 0.2) is 5.82 Å². The largest absolute Gasteiger partial charge is 0.387 e. The van der Waals surface area contributed by atoms with E-state index in [4.69, 9.17) is 17.3 Å². The fourth-order valence-electron chi connectivity index (χ4n) is 2.48. The quantitative estimate of drug-likeness (QED) is 0.504. The second kappa shape index (κ2) is 6.09. The molecule has 0 bridgehead atoms. The predicted molar refractivity (Wildman–Crippen MR) is 90.6 cm³/mol. The van der Waals surface area contributed by atoms with Gasteiger partial charge in [-0.1, -0.05) is 30.7 Å². The molecular formula is C16H16ClN5O2. The molecule has 3 rings (SSSR count). The van der Waals surface area contributed by atoms with Crippen LogP contribution in [0.15, 0.2) is 29.3 Å². The Labute approximate surface area is 143 Å². The van der Waals surface area contributed by atoms with Crippen molar-refractivity contribution in [2.45, 2.75) is 13.8 Å². The van der Waals surface area contributed by atoms with Crippen LogP contribution in [0.5, 0.6) is 0 Å². The Morgan fingerprint density at radius 1 is 1.33 bits per heavy atom. The van der Waals surface area contributed by atoms with Gasteiger partial charge in [0.2, 0.25) is 0 Å². The lowest BCUT2D eigenvalue weighted by Gasteiger charge is -2.18. The van der Waals surface area contributed by atoms with Gasteiger partial charge in [-0.2, -0.15) is 5.10 Å². The van der Waals surface area contributed by atoms with Gasteiger partial charge in [-0.15, -0.1) is 0 Å². The van der Waals surface area contributed by atoms with Crippen LogP contribution in [0.25, 0.3) is 0 Å². The maximum Gasteiger partial charge on any atom is 0.261 e. The summed E-state index contributed by atoms with van der Waals surface area (Å²) < 4.78 is 0. The van der Waals surface area contributed by atoms with Crippen LogP contribution in [0.2, 0.25) is 5.02 Å². The summed E-state index contributed by atoms with van der Waals surface area (Å²) in [7, 11) is 0. The van der Waals surface area contributed by atoms with Gasteiger partial charge in [0.1, 0.15) is 10.9 Å². The van der Waals surface area contributed by atoms with E-state index in [9.17, 15) is 9.59 Å². The number of nitrogens with zero attached hydrogens (tertiary/aromatic N) is 3. The fraction of sp³-hybridized carbons (Fsp3) is 0.250. The molecule has 1 aromatic heterocycles. The average molecular weight is 346 g/mol. The first-order valence-electron chi connectivity index (χ1n) is 7.40. The zero-order valence-electron chi connectivity index (χ0n) is 13.2. The number of H-pyrrole nitrogens is 1. The normalized spacial score (nSPS) is 15.8. The number of hydrogen-bond acceptors (Lipinski definition) is 4. The third kappa shape index (κ3) is 2.67. The molecule has 2 heterocycles. The Bertz CT molecular complexity index is 823. The van der Waals surface area contributed by atoms with Gasteiger partial charge in [-0.25, -0.2) is 4.99 Å². The number of halogens is 1. The number of carbonyl (C=O) groups excluding carboxylic acids is 2. The summed E-state index contributed by atoms with van der Waals surface area (Å²) >= 11 is 6.06. The number of nitrogens with one attached hydrogen (secondary N) is 1. The van der Waals surface area contributed by atoms with Crippen molar-refractivity contribution < 1.29 is 9.59 Å². The predicted octanol–water partition coefficient (Wildman–Crippen LogP) is 2.29. The fourth-order valence-corrected chi connectivity index (χ4v) is 2.61. The molecule has 2 amide bonds. The molecule has 1 atom stereocenters. The Morgan fingerprint density at radius 3 is 2.42 bits per heavy atom. The van der Waals surface area contributed by atoms with Crippen LogP contribution in [-0.4, -0.2) is 39.3 Å². The number of imide groups is 1. The van der Waals surface area contributed by atoms with Crippen molar-refractivity contribution >= 4 is 35.1 Å². The van der Waals surface area contributed by atoms with Crippen LogP contribution in [-0.2, 0) is 0 Å². The molecule has 0 saturated heterocycles. The summed E-state index contributed by atoms with van der Waals surface area (Å²) in [6.45, 7) is 3.70. The number of carbonyl (C=O) groups is 2. The third-order valence-corrected chi connectivity index (χ3v) is 4.38. The number of amidine groups is 1. The molecule has 7 nitrogen and oxygen atoms in total. The smallest absolute Gasteiger partial charge is 0.261 e. The molecule has 124 valence electrons. The van der Waals surface area contributed by atoms with E-state index in [-0.39, 0.29) is 30.1 Å². The molecule has 1 aliphatic heterocycles. The van der Waals surface area contributed by atoms with Gasteiger partial charge in [-0.3, -0.25) is 19.6 Å². The van der Waals surface area contributed by atoms with E-state index in [0.29, 0.717) is 27.7 Å². The SMILES string of the molecule is Cc1[nH]nc(N=C(N)C(C)CN2C(=O)c3ccccc3C2=O)c1Cl. The molecule has 0 radical (unpaired) electrons. The molecule has 0 saturated carbocycles. The summed E-state index contributed by atoms with van der Waals surface area (Å²) in [4.78, 5) is 30.1. The maximum atomic E-state index is 12.4. The lowest BCUT2D eigenvalue weighted by molar-refractivity contribution is 0.0644. The van der Waals surface area contributed by atoms with Crippen LogP contribution >= 0.6 is 11.6 Å². The second-order valence-electron chi connectivity index (χ2n) is 5.69. The van der Waals surface area contributed by atoms with Gasteiger partial charge in [0.05, 0.1) is 16.8 Å². The Morgan fingerprint density at radius 2 is 1.92 bits per heavy atom. The number of hydrogen-bond donors (Lipinski definition) is 2. The van der Waals surface area contributed by atoms with E-state index < -0.39 is 0 Å². The van der Waals surface area contributed by atoms with E-state index in [1.165, 1.54) is 4.90 Å². The number of aromatic amines is 1. The molecule has 3 N–H and O–H groups in total. The second-order valence-corrected chi connectivity index (χ2v) is 6.07. The standard InChI is InChI=1S/C16H16ClN5O2/c1-8(13(18)19-14-12(17)9(2)20-21-14)7-22-15(23)10-5-3-4-6-11(10)16(22)24/h3-6,8H,7H2,1-2H3,(H3,18,19,20,21). The first-order valence-corrected chi connectivity index (χ1v) is 7.77. The first-order chi connectivity index (χ1) is 11.4. The van der Waals surface area contributed by atoms with Gasteiger partial charge in [-0.05, 0) is 19.1 Å². The molecule has 0 aliphatic carbocycles. The van der Waals surface area contributed by atoms with Gasteiger partial charge in [0, 0.05) is 12.5 Å². The molecule has 1 aromatic carbocycles. The van der Waals surface area contributed by atoms with Crippen LogP contribution in [0, 0.1) is 12.8 Å². The number of amides is 2. The van der Waals surface area contributed by atoms with Crippen LogP contribution in [0.3, 0.4) is 0 Å². The zero-order valence-corrected chi connectivity index (χ0v) is 14.0. The highest BCUT2D eigenvalue weighted by molar-refractivity contribution is 6.33. The highest BCUT2D eigenvalue weighted by Crippen LogP contribution is 2.26. The summed E-state index contributed by atoms with van der Waals surface area (Å²) in [5.41, 5.74) is 7.51. The summed E-state index contributed by atoms with van der Waals surface area (Å²) in [6, 6.07) is 6.75. The van der Waals surface area contributed by atoms with Gasteiger partial charge < -0.3 is 5.73 Å². The number of aromatic nitrogens is 2. The van der Waals surface area contributed by atoms with Crippen molar-refractivity contribution in [2.24, 2.45) is 16.6 Å². The molecule has 0 fully saturated rings. The molecule has 8 heteroatoms. The van der Waals surface area contributed by atoms with E-state index in [1.54, 1.807) is 38.1 Å². The molecule has 0 spiro atoms. The molecule has 1 unspecified atom stereocenters. The molecular weight excluding hydrogens is 330 g/mol. The van der Waals surface area contributed by atoms with Crippen molar-refractivity contribution in [1.82, 2.24) is 15.1 Å². The number of nitrogens with two attached hydrogens (primary N) is 1. The lowest BCUT2D eigenvalue weighted by Crippen LogP contribution is -2.38. The minimum atomic E-state index is -0.333. The van der Waals surface area contributed by atoms with Crippen molar-refractivity contribution in [3.63, 3.8) is 0 Å². The van der Waals surface area contributed by atoms with E-state index in [1.807, 2.05) is 0 Å². The van der Waals surface area contributed by atoms with Gasteiger partial charge in [0.25, 0.3) is 11.8 Å². The zero-order chi connectivity index (χ0) is 17.4. The van der Waals surface area contributed by atoms with Crippen molar-refractivity contribution in [3.8, 4) is 0 Å². The van der Waals surface area contributed by atoms with E-state index in [0.717, 1.165) is 0 Å². The van der Waals surface area contributed by atoms with E-state index >= 15 is 0 Å². The van der Waals surface area contributed by atoms with Crippen molar-refractivity contribution in [1.29, 1.82) is 0 Å². The maximum absolute atomic E-state index is 12.4. The number of fused-ring (bicyclic) bond motifs is 1. The Hall–Kier alpha value is -2.67.